The predicted octanol–water partition coefficient (Wildman–Crippen LogP) is 6.29. The second-order valence-corrected chi connectivity index (χ2v) is 14.7. The van der Waals surface area contributed by atoms with Crippen LogP contribution in [0.2, 0.25) is 16.6 Å². The van der Waals surface area contributed by atoms with Crippen LogP contribution in [-0.2, 0) is 9.26 Å². The zero-order chi connectivity index (χ0) is 21.6. The molecule has 1 heterocycles. The molecule has 0 amide bonds. The van der Waals surface area contributed by atoms with Gasteiger partial charge in [-0.25, -0.2) is 0 Å². The average molecular weight is 420 g/mol. The second-order valence-electron chi connectivity index (χ2n) is 9.33. The van der Waals surface area contributed by atoms with E-state index in [1.54, 1.807) is 0 Å². The van der Waals surface area contributed by atoms with Crippen LogP contribution in [-0.4, -0.2) is 37.4 Å². The van der Waals surface area contributed by atoms with Crippen LogP contribution < -0.4 is 0 Å². The first-order valence-electron chi connectivity index (χ1n) is 11.4. The summed E-state index contributed by atoms with van der Waals surface area (Å²) in [4.78, 5) is 5.85. The maximum Gasteiger partial charge on any atom is 0.200 e. The van der Waals surface area contributed by atoms with Gasteiger partial charge in [-0.05, 0) is 23.0 Å². The number of hydrogen-bond acceptors (Lipinski definition) is 4. The number of hydrogen-bond donors (Lipinski definition) is 1. The highest BCUT2D eigenvalue weighted by Gasteiger charge is 2.50. The lowest BCUT2D eigenvalue weighted by atomic mass is 9.96. The number of aliphatic hydroxyl groups excluding tert-OH is 1. The number of unbranched alkanes of at least 4 members (excludes halogenated alkanes) is 2. The topological polar surface area (TPSA) is 51.0 Å². The maximum absolute atomic E-state index is 11.1. The van der Waals surface area contributed by atoms with Crippen LogP contribution in [0.15, 0.2) is 35.5 Å². The summed E-state index contributed by atoms with van der Waals surface area (Å²) in [5.74, 6) is 0. The van der Waals surface area contributed by atoms with Crippen LogP contribution in [0.3, 0.4) is 0 Å². The van der Waals surface area contributed by atoms with Gasteiger partial charge in [-0.3, -0.25) is 0 Å². The van der Waals surface area contributed by atoms with Crippen molar-refractivity contribution in [1.29, 1.82) is 0 Å². The molecule has 1 aromatic carbocycles. The minimum atomic E-state index is -2.09. The Morgan fingerprint density at radius 3 is 2.10 bits per heavy atom. The van der Waals surface area contributed by atoms with Crippen LogP contribution in [0.5, 0.6) is 0 Å². The molecule has 1 aliphatic heterocycles. The first-order valence-corrected chi connectivity index (χ1v) is 13.5. The zero-order valence-corrected chi connectivity index (χ0v) is 20.4. The van der Waals surface area contributed by atoms with Crippen LogP contribution in [0, 0.1) is 0 Å². The third-order valence-corrected chi connectivity index (χ3v) is 12.6. The molecule has 0 saturated heterocycles. The van der Waals surface area contributed by atoms with Crippen molar-refractivity contribution in [2.45, 2.75) is 109 Å². The lowest BCUT2D eigenvalue weighted by Gasteiger charge is -2.45. The normalized spacial score (nSPS) is 21.0. The quantitative estimate of drug-likeness (QED) is 0.339. The third kappa shape index (κ3) is 5.31. The highest BCUT2D eigenvalue weighted by atomic mass is 28.4. The van der Waals surface area contributed by atoms with Crippen LogP contribution >= 0.6 is 0 Å². The Morgan fingerprint density at radius 2 is 1.59 bits per heavy atom. The first kappa shape index (κ1) is 24.1. The van der Waals surface area contributed by atoms with E-state index in [1.807, 2.05) is 30.3 Å². The van der Waals surface area contributed by atoms with E-state index < -0.39 is 20.5 Å². The molecule has 1 aliphatic rings. The van der Waals surface area contributed by atoms with Gasteiger partial charge in [0.25, 0.3) is 0 Å². The van der Waals surface area contributed by atoms with Crippen LogP contribution in [0.4, 0.5) is 0 Å². The lowest BCUT2D eigenvalue weighted by molar-refractivity contribution is -0.0579. The molecule has 5 heteroatoms. The van der Waals surface area contributed by atoms with Gasteiger partial charge in [0.2, 0.25) is 8.32 Å². The molecule has 0 unspecified atom stereocenters. The van der Waals surface area contributed by atoms with Crippen molar-refractivity contribution in [2.75, 3.05) is 0 Å². The van der Waals surface area contributed by atoms with Crippen molar-refractivity contribution in [3.8, 4) is 0 Å². The van der Waals surface area contributed by atoms with Gasteiger partial charge in [-0.15, -0.1) is 0 Å². The van der Waals surface area contributed by atoms with E-state index >= 15 is 0 Å². The van der Waals surface area contributed by atoms with Gasteiger partial charge in [0, 0.05) is 5.56 Å². The van der Waals surface area contributed by atoms with Gasteiger partial charge in [0.05, 0.1) is 6.10 Å². The van der Waals surface area contributed by atoms with Gasteiger partial charge >= 0.3 is 0 Å². The largest absolute Gasteiger partial charge is 0.409 e. The fourth-order valence-corrected chi connectivity index (χ4v) is 10.6. The van der Waals surface area contributed by atoms with E-state index in [1.165, 1.54) is 0 Å². The van der Waals surface area contributed by atoms with E-state index in [2.05, 4.69) is 53.6 Å². The Balaban J connectivity index is 2.28. The second kappa shape index (κ2) is 10.7. The Hall–Kier alpha value is -1.17. The Morgan fingerprint density at radius 1 is 1.00 bits per heavy atom. The molecule has 0 fully saturated rings. The highest BCUT2D eigenvalue weighted by molar-refractivity contribution is 6.77. The minimum Gasteiger partial charge on any atom is -0.409 e. The monoisotopic (exact) mass is 419 g/mol. The molecule has 1 N–H and O–H groups in total. The number of benzene rings is 1. The highest BCUT2D eigenvalue weighted by Crippen LogP contribution is 2.44. The summed E-state index contributed by atoms with van der Waals surface area (Å²) in [6.45, 7) is 16.0. The molecule has 29 heavy (non-hydrogen) atoms. The fourth-order valence-electron chi connectivity index (χ4n) is 5.04. The van der Waals surface area contributed by atoms with E-state index in [-0.39, 0.29) is 6.10 Å². The van der Waals surface area contributed by atoms with Crippen LogP contribution in [0.1, 0.15) is 79.7 Å². The molecule has 1 aromatic rings. The summed E-state index contributed by atoms with van der Waals surface area (Å²) in [6.07, 6.45) is 2.96. The van der Waals surface area contributed by atoms with Crippen LogP contribution in [0.25, 0.3) is 0 Å². The van der Waals surface area contributed by atoms with Crippen molar-refractivity contribution >= 4 is 14.0 Å². The van der Waals surface area contributed by atoms with Crippen molar-refractivity contribution in [3.05, 3.63) is 35.9 Å². The molecule has 0 aromatic heterocycles. The van der Waals surface area contributed by atoms with Gasteiger partial charge in [-0.2, -0.15) is 0 Å². The summed E-state index contributed by atoms with van der Waals surface area (Å²) in [7, 11) is -2.09. The molecule has 2 rings (SSSR count). The lowest BCUT2D eigenvalue weighted by Crippen LogP contribution is -2.54. The number of nitrogens with zero attached hydrogens (tertiary/aromatic N) is 1. The van der Waals surface area contributed by atoms with Crippen molar-refractivity contribution in [2.24, 2.45) is 5.16 Å². The summed E-state index contributed by atoms with van der Waals surface area (Å²) >= 11 is 0. The number of rotatable bonds is 11. The molecule has 0 saturated carbocycles. The predicted molar refractivity (Wildman–Crippen MR) is 124 cm³/mol. The molecule has 0 spiro atoms. The minimum absolute atomic E-state index is 0.139. The molecule has 0 aliphatic carbocycles. The summed E-state index contributed by atoms with van der Waals surface area (Å²) in [6, 6.07) is 9.82. The van der Waals surface area contributed by atoms with Gasteiger partial charge in [0.1, 0.15) is 11.8 Å². The Kier molecular flexibility index (Phi) is 8.92. The van der Waals surface area contributed by atoms with Crippen molar-refractivity contribution < 1.29 is 14.4 Å². The standard InChI is InChI=1S/C24H41NO3Si/c1-8-9-11-16-21(28-29(17(2)3,18(4)5)19(6)7)24-23(26)22(25-27-24)20-14-12-10-13-15-20/h10,12-15,17-19,21,23-24,26H,8-9,11,16H2,1-7H3/t21-,23+,24-/m0/s1. The van der Waals surface area contributed by atoms with Crippen molar-refractivity contribution in [3.63, 3.8) is 0 Å². The SMILES string of the molecule is CCCCC[C@H](O[Si](C(C)C)(C(C)C)C(C)C)[C@@H]1ON=C(c2ccccc2)[C@H]1O. The van der Waals surface area contributed by atoms with Gasteiger partial charge < -0.3 is 14.4 Å². The molecule has 164 valence electrons. The average Bonchev–Trinajstić information content (AvgIpc) is 3.05. The summed E-state index contributed by atoms with van der Waals surface area (Å²) < 4.78 is 7.09. The smallest absolute Gasteiger partial charge is 0.200 e. The molecular weight excluding hydrogens is 378 g/mol. The number of aliphatic hydroxyl groups is 1. The van der Waals surface area contributed by atoms with Crippen molar-refractivity contribution in [1.82, 2.24) is 0 Å². The van der Waals surface area contributed by atoms with E-state index in [0.717, 1.165) is 31.2 Å². The maximum atomic E-state index is 11.1. The molecule has 0 radical (unpaired) electrons. The molecule has 4 nitrogen and oxygen atoms in total. The van der Waals surface area contributed by atoms with E-state index in [9.17, 15) is 5.11 Å². The first-order chi connectivity index (χ1) is 13.8. The molecular formula is C24H41NO3Si. The van der Waals surface area contributed by atoms with Gasteiger partial charge in [-0.1, -0.05) is 103 Å². The fraction of sp³-hybridized carbons (Fsp3) is 0.708. The molecule has 3 atom stereocenters. The summed E-state index contributed by atoms with van der Waals surface area (Å²) in [5, 5.41) is 15.4. The van der Waals surface area contributed by atoms with E-state index in [0.29, 0.717) is 22.3 Å². The summed E-state index contributed by atoms with van der Waals surface area (Å²) in [5.41, 5.74) is 3.00. The Bertz CT molecular complexity index is 623. The number of oxime groups is 1. The van der Waals surface area contributed by atoms with E-state index in [4.69, 9.17) is 9.26 Å². The Labute approximate surface area is 178 Å². The zero-order valence-electron chi connectivity index (χ0n) is 19.4. The van der Waals surface area contributed by atoms with Gasteiger partial charge in [0.15, 0.2) is 6.10 Å². The molecule has 0 bridgehead atoms. The third-order valence-electron chi connectivity index (χ3n) is 6.45.